The Morgan fingerprint density at radius 1 is 1.11 bits per heavy atom. The van der Waals surface area contributed by atoms with E-state index < -0.39 is 11.7 Å². The molecule has 1 heterocycles. The van der Waals surface area contributed by atoms with Crippen LogP contribution in [-0.4, -0.2) is 21.3 Å². The molecule has 9 heteroatoms. The molecule has 0 aliphatic heterocycles. The first-order chi connectivity index (χ1) is 12.8. The average molecular weight is 392 g/mol. The number of thioether (sulfide) groups is 1. The Morgan fingerprint density at radius 2 is 1.78 bits per heavy atom. The lowest BCUT2D eigenvalue weighted by molar-refractivity contribution is -0.137. The summed E-state index contributed by atoms with van der Waals surface area (Å²) < 4.78 is 39.0. The van der Waals surface area contributed by atoms with Gasteiger partial charge >= 0.3 is 6.18 Å². The number of benzene rings is 2. The molecule has 27 heavy (non-hydrogen) atoms. The van der Waals surface area contributed by atoms with Crippen LogP contribution in [0.1, 0.15) is 5.56 Å². The molecule has 0 aliphatic carbocycles. The molecule has 3 aromatic rings. The zero-order chi connectivity index (χ0) is 19.4. The second kappa shape index (κ2) is 7.75. The van der Waals surface area contributed by atoms with Gasteiger partial charge in [0.1, 0.15) is 0 Å². The Morgan fingerprint density at radius 3 is 2.41 bits per heavy atom. The summed E-state index contributed by atoms with van der Waals surface area (Å²) >= 11 is 1.13. The Hall–Kier alpha value is -2.94. The van der Waals surface area contributed by atoms with Crippen molar-refractivity contribution in [1.82, 2.24) is 9.66 Å². The van der Waals surface area contributed by atoms with Gasteiger partial charge in [-0.05, 0) is 24.3 Å². The van der Waals surface area contributed by atoms with Crippen LogP contribution in [0, 0.1) is 0 Å². The van der Waals surface area contributed by atoms with Crippen molar-refractivity contribution >= 4 is 23.4 Å². The topological polar surface area (TPSA) is 72.9 Å². The van der Waals surface area contributed by atoms with E-state index in [1.807, 2.05) is 30.3 Å². The summed E-state index contributed by atoms with van der Waals surface area (Å²) in [5, 5.41) is 3.00. The van der Waals surface area contributed by atoms with Gasteiger partial charge < -0.3 is 11.2 Å². The summed E-state index contributed by atoms with van der Waals surface area (Å²) in [5.74, 6) is 5.52. The predicted octanol–water partition coefficient (Wildman–Crippen LogP) is 4.01. The minimum Gasteiger partial charge on any atom is -0.337 e. The number of hydrogen-bond acceptors (Lipinski definition) is 4. The summed E-state index contributed by atoms with van der Waals surface area (Å²) in [6.45, 7) is 0. The van der Waals surface area contributed by atoms with Crippen molar-refractivity contribution in [3.8, 4) is 11.3 Å². The summed E-state index contributed by atoms with van der Waals surface area (Å²) in [6, 6.07) is 13.7. The van der Waals surface area contributed by atoms with E-state index in [0.29, 0.717) is 10.9 Å². The van der Waals surface area contributed by atoms with E-state index in [4.69, 9.17) is 5.84 Å². The monoisotopic (exact) mass is 392 g/mol. The van der Waals surface area contributed by atoms with E-state index in [1.54, 1.807) is 6.20 Å². The Balaban J connectivity index is 1.59. The summed E-state index contributed by atoms with van der Waals surface area (Å²) in [7, 11) is 0. The third-order valence-corrected chi connectivity index (χ3v) is 4.56. The fourth-order valence-electron chi connectivity index (χ4n) is 2.30. The predicted molar refractivity (Wildman–Crippen MR) is 98.6 cm³/mol. The van der Waals surface area contributed by atoms with Gasteiger partial charge in [-0.3, -0.25) is 4.79 Å². The van der Waals surface area contributed by atoms with Crippen LogP contribution < -0.4 is 11.2 Å². The second-order valence-corrected chi connectivity index (χ2v) is 6.54. The van der Waals surface area contributed by atoms with Crippen LogP contribution in [0.15, 0.2) is 66.0 Å². The molecule has 0 unspecified atom stereocenters. The number of nitrogens with two attached hydrogens (primary N) is 1. The number of carbonyl (C=O) groups is 1. The highest BCUT2D eigenvalue weighted by atomic mass is 32.2. The summed E-state index contributed by atoms with van der Waals surface area (Å²) in [6.07, 6.45) is -2.75. The lowest BCUT2D eigenvalue weighted by atomic mass is 10.2. The van der Waals surface area contributed by atoms with Crippen molar-refractivity contribution < 1.29 is 18.0 Å². The van der Waals surface area contributed by atoms with Crippen molar-refractivity contribution in [2.75, 3.05) is 16.9 Å². The third-order valence-electron chi connectivity index (χ3n) is 3.60. The zero-order valence-corrected chi connectivity index (χ0v) is 14.7. The van der Waals surface area contributed by atoms with E-state index in [2.05, 4.69) is 10.3 Å². The number of halogens is 3. The van der Waals surface area contributed by atoms with Gasteiger partial charge in [0, 0.05) is 11.3 Å². The van der Waals surface area contributed by atoms with Crippen LogP contribution in [0.25, 0.3) is 11.3 Å². The maximum atomic E-state index is 12.5. The largest absolute Gasteiger partial charge is 0.416 e. The summed E-state index contributed by atoms with van der Waals surface area (Å²) in [5.41, 5.74) is 1.10. The molecule has 0 saturated heterocycles. The number of aromatic nitrogens is 2. The molecule has 0 aliphatic rings. The van der Waals surface area contributed by atoms with E-state index in [1.165, 1.54) is 16.8 Å². The van der Waals surface area contributed by atoms with E-state index in [-0.39, 0.29) is 17.3 Å². The molecule has 2 aromatic carbocycles. The fraction of sp³-hybridized carbons (Fsp3) is 0.111. The highest BCUT2D eigenvalue weighted by molar-refractivity contribution is 7.99. The molecule has 3 rings (SSSR count). The number of amides is 1. The van der Waals surface area contributed by atoms with E-state index in [0.717, 1.165) is 29.5 Å². The van der Waals surface area contributed by atoms with Gasteiger partial charge in [-0.15, -0.1) is 0 Å². The molecule has 0 saturated carbocycles. The first-order valence-electron chi connectivity index (χ1n) is 7.83. The van der Waals surface area contributed by atoms with Crippen molar-refractivity contribution in [2.45, 2.75) is 11.3 Å². The van der Waals surface area contributed by atoms with Crippen LogP contribution >= 0.6 is 11.8 Å². The molecule has 0 spiro atoms. The minimum absolute atomic E-state index is 0.0173. The van der Waals surface area contributed by atoms with Gasteiger partial charge in [0.2, 0.25) is 5.91 Å². The molecule has 5 nitrogen and oxygen atoms in total. The first kappa shape index (κ1) is 18.8. The van der Waals surface area contributed by atoms with Gasteiger partial charge in [-0.1, -0.05) is 42.1 Å². The SMILES string of the molecule is Nn1cc(-c2ccccc2)nc1SCC(=O)Nc1ccc(C(F)(F)F)cc1. The normalized spacial score (nSPS) is 11.4. The smallest absolute Gasteiger partial charge is 0.337 e. The molecule has 0 bridgehead atoms. The molecule has 1 amide bonds. The molecule has 0 atom stereocenters. The maximum Gasteiger partial charge on any atom is 0.416 e. The Kier molecular flexibility index (Phi) is 5.41. The van der Waals surface area contributed by atoms with Gasteiger partial charge in [-0.2, -0.15) is 13.2 Å². The van der Waals surface area contributed by atoms with Crippen molar-refractivity contribution in [3.63, 3.8) is 0 Å². The minimum atomic E-state index is -4.41. The summed E-state index contributed by atoms with van der Waals surface area (Å²) in [4.78, 5) is 16.4. The number of nitrogen functional groups attached to an aromatic ring is 1. The number of carbonyl (C=O) groups excluding carboxylic acids is 1. The number of imidazole rings is 1. The van der Waals surface area contributed by atoms with Crippen molar-refractivity contribution in [2.24, 2.45) is 0 Å². The van der Waals surface area contributed by atoms with Crippen molar-refractivity contribution in [3.05, 3.63) is 66.4 Å². The fourth-order valence-corrected chi connectivity index (χ4v) is 3.00. The highest BCUT2D eigenvalue weighted by Gasteiger charge is 2.29. The number of rotatable bonds is 5. The van der Waals surface area contributed by atoms with Gasteiger partial charge in [0.15, 0.2) is 5.16 Å². The third kappa shape index (κ3) is 4.82. The molecule has 0 fully saturated rings. The molecule has 3 N–H and O–H groups in total. The van der Waals surface area contributed by atoms with E-state index in [9.17, 15) is 18.0 Å². The van der Waals surface area contributed by atoms with Crippen LogP contribution in [0.2, 0.25) is 0 Å². The lowest BCUT2D eigenvalue weighted by Crippen LogP contribution is -2.16. The molecular weight excluding hydrogens is 377 g/mol. The van der Waals surface area contributed by atoms with Crippen LogP contribution in [0.5, 0.6) is 0 Å². The van der Waals surface area contributed by atoms with Gasteiger partial charge in [-0.25, -0.2) is 9.66 Å². The molecular formula is C18H15F3N4OS. The first-order valence-corrected chi connectivity index (χ1v) is 8.81. The number of alkyl halides is 3. The maximum absolute atomic E-state index is 12.5. The standard InChI is InChI=1S/C18H15F3N4OS/c19-18(20,21)13-6-8-14(9-7-13)23-16(26)11-27-17-24-15(10-25(17)22)12-4-2-1-3-5-12/h1-10H,11,22H2,(H,23,26). The van der Waals surface area contributed by atoms with Crippen LogP contribution in [0.4, 0.5) is 18.9 Å². The Labute approximate surface area is 157 Å². The van der Waals surface area contributed by atoms with Gasteiger partial charge in [0.25, 0.3) is 0 Å². The average Bonchev–Trinajstić information content (AvgIpc) is 3.01. The van der Waals surface area contributed by atoms with Crippen LogP contribution in [-0.2, 0) is 11.0 Å². The molecule has 140 valence electrons. The number of nitrogens with one attached hydrogen (secondary N) is 1. The molecule has 1 aromatic heterocycles. The number of nitrogens with zero attached hydrogens (tertiary/aromatic N) is 2. The second-order valence-electron chi connectivity index (χ2n) is 5.59. The quantitative estimate of drug-likeness (QED) is 0.508. The number of anilines is 1. The van der Waals surface area contributed by atoms with Gasteiger partial charge in [0.05, 0.1) is 23.2 Å². The number of hydrogen-bond donors (Lipinski definition) is 2. The van der Waals surface area contributed by atoms with Crippen molar-refractivity contribution in [1.29, 1.82) is 0 Å². The zero-order valence-electron chi connectivity index (χ0n) is 13.9. The van der Waals surface area contributed by atoms with Crippen LogP contribution in [0.3, 0.4) is 0 Å². The molecule has 0 radical (unpaired) electrons. The van der Waals surface area contributed by atoms with E-state index >= 15 is 0 Å². The lowest BCUT2D eigenvalue weighted by Gasteiger charge is -2.08. The highest BCUT2D eigenvalue weighted by Crippen LogP contribution is 2.30. The Bertz CT molecular complexity index is 924.